The van der Waals surface area contributed by atoms with Crippen molar-refractivity contribution in [1.29, 1.82) is 5.41 Å². The first-order valence-corrected chi connectivity index (χ1v) is 2.49. The summed E-state index contributed by atoms with van der Waals surface area (Å²) >= 11 is 0. The van der Waals surface area contributed by atoms with Crippen molar-refractivity contribution >= 4 is 5.90 Å². The predicted molar refractivity (Wildman–Crippen MR) is 32.8 cm³/mol. The molecule has 0 heterocycles. The average molecular weight is 150 g/mol. The maximum Gasteiger partial charge on any atom is 0.388 e. The van der Waals surface area contributed by atoms with Crippen LogP contribution in [0.5, 0.6) is 0 Å². The van der Waals surface area contributed by atoms with E-state index in [-0.39, 0.29) is 5.70 Å². The summed E-state index contributed by atoms with van der Waals surface area (Å²) in [6.07, 6.45) is 1.01. The Balaban J connectivity index is 3.76. The Morgan fingerprint density at radius 1 is 1.70 bits per heavy atom. The van der Waals surface area contributed by atoms with Crippen molar-refractivity contribution in [2.45, 2.75) is 13.5 Å². The normalized spacial score (nSPS) is 11.8. The van der Waals surface area contributed by atoms with Gasteiger partial charge in [-0.15, -0.1) is 0 Å². The van der Waals surface area contributed by atoms with Crippen molar-refractivity contribution in [2.24, 2.45) is 5.73 Å². The standard InChI is InChI=1S/C5H8F2N2O/c1-3(8)2-4(9)10-5(6)7/h2,5,9H,8H2,1H3/b3-2-,9-4?. The first kappa shape index (κ1) is 8.87. The molecule has 0 amide bonds. The summed E-state index contributed by atoms with van der Waals surface area (Å²) in [4.78, 5) is 0. The van der Waals surface area contributed by atoms with Crippen molar-refractivity contribution in [1.82, 2.24) is 0 Å². The molecule has 5 heteroatoms. The van der Waals surface area contributed by atoms with Crippen LogP contribution in [-0.2, 0) is 4.74 Å². The quantitative estimate of drug-likeness (QED) is 0.456. The van der Waals surface area contributed by atoms with Gasteiger partial charge in [-0.2, -0.15) is 8.78 Å². The highest BCUT2D eigenvalue weighted by atomic mass is 19.3. The van der Waals surface area contributed by atoms with Crippen LogP contribution in [0.25, 0.3) is 0 Å². The van der Waals surface area contributed by atoms with Gasteiger partial charge < -0.3 is 10.5 Å². The molecule has 3 N–H and O–H groups in total. The van der Waals surface area contributed by atoms with Gasteiger partial charge in [0.1, 0.15) is 0 Å². The predicted octanol–water partition coefficient (Wildman–Crippen LogP) is 1.07. The second-order valence-corrected chi connectivity index (χ2v) is 1.63. The fourth-order valence-corrected chi connectivity index (χ4v) is 0.337. The molecule has 0 bridgehead atoms. The fraction of sp³-hybridized carbons (Fsp3) is 0.400. The van der Waals surface area contributed by atoms with Crippen LogP contribution >= 0.6 is 0 Å². The topological polar surface area (TPSA) is 59.1 Å². The third-order valence-corrected chi connectivity index (χ3v) is 0.575. The molecular weight excluding hydrogens is 142 g/mol. The number of hydrogen-bond acceptors (Lipinski definition) is 3. The number of rotatable bonds is 2. The molecule has 0 aliphatic carbocycles. The maximum absolute atomic E-state index is 11.3. The second kappa shape index (κ2) is 3.81. The summed E-state index contributed by atoms with van der Waals surface area (Å²) in [5, 5.41) is 6.69. The summed E-state index contributed by atoms with van der Waals surface area (Å²) in [7, 11) is 0. The highest BCUT2D eigenvalue weighted by molar-refractivity contribution is 5.85. The van der Waals surface area contributed by atoms with Gasteiger partial charge in [-0.3, -0.25) is 5.41 Å². The summed E-state index contributed by atoms with van der Waals surface area (Å²) in [6.45, 7) is -1.48. The number of ether oxygens (including phenoxy) is 1. The van der Waals surface area contributed by atoms with E-state index in [1.54, 1.807) is 0 Å². The van der Waals surface area contributed by atoms with Crippen molar-refractivity contribution < 1.29 is 13.5 Å². The van der Waals surface area contributed by atoms with Crippen molar-refractivity contribution in [3.63, 3.8) is 0 Å². The van der Waals surface area contributed by atoms with Crippen molar-refractivity contribution in [3.8, 4) is 0 Å². The molecule has 0 rings (SSSR count). The van der Waals surface area contributed by atoms with Crippen LogP contribution in [0.4, 0.5) is 8.78 Å². The maximum atomic E-state index is 11.3. The Bertz CT molecular complexity index is 152. The lowest BCUT2D eigenvalue weighted by Gasteiger charge is -2.00. The van der Waals surface area contributed by atoms with Gasteiger partial charge >= 0.3 is 6.61 Å². The zero-order valence-corrected chi connectivity index (χ0v) is 5.40. The first-order valence-electron chi connectivity index (χ1n) is 2.49. The van der Waals surface area contributed by atoms with Gasteiger partial charge in [0.15, 0.2) is 0 Å². The van der Waals surface area contributed by atoms with Gasteiger partial charge in [-0.25, -0.2) is 0 Å². The summed E-state index contributed by atoms with van der Waals surface area (Å²) in [5.41, 5.74) is 5.32. The molecule has 0 aliphatic heterocycles. The molecule has 0 saturated carbocycles. The van der Waals surface area contributed by atoms with E-state index in [1.807, 2.05) is 0 Å². The summed E-state index contributed by atoms with van der Waals surface area (Å²) in [6, 6.07) is 0. The van der Waals surface area contributed by atoms with Gasteiger partial charge in [0.2, 0.25) is 5.90 Å². The Morgan fingerprint density at radius 3 is 2.50 bits per heavy atom. The Morgan fingerprint density at radius 2 is 2.20 bits per heavy atom. The molecule has 3 nitrogen and oxygen atoms in total. The van der Waals surface area contributed by atoms with Crippen LogP contribution < -0.4 is 5.73 Å². The minimum atomic E-state index is -2.96. The molecule has 10 heavy (non-hydrogen) atoms. The highest BCUT2D eigenvalue weighted by Gasteiger charge is 2.03. The largest absolute Gasteiger partial charge is 0.417 e. The smallest absolute Gasteiger partial charge is 0.388 e. The molecule has 0 fully saturated rings. The molecular formula is C5H8F2N2O. The molecule has 0 saturated heterocycles. The van der Waals surface area contributed by atoms with Gasteiger partial charge in [0.25, 0.3) is 0 Å². The average Bonchev–Trinajstić information content (AvgIpc) is 1.58. The number of hydrogen-bond donors (Lipinski definition) is 2. The molecule has 0 aromatic rings. The lowest BCUT2D eigenvalue weighted by molar-refractivity contribution is -0.0599. The number of nitrogens with two attached hydrogens (primary N) is 1. The number of halogens is 2. The van der Waals surface area contributed by atoms with Crippen molar-refractivity contribution in [2.75, 3.05) is 0 Å². The minimum Gasteiger partial charge on any atom is -0.417 e. The number of nitrogens with one attached hydrogen (secondary N) is 1. The lowest BCUT2D eigenvalue weighted by atomic mass is 10.4. The SMILES string of the molecule is C/C(N)=C/C(=N)OC(F)F. The second-order valence-electron chi connectivity index (χ2n) is 1.63. The van der Waals surface area contributed by atoms with Crippen molar-refractivity contribution in [3.05, 3.63) is 11.8 Å². The molecule has 0 aromatic carbocycles. The molecule has 0 atom stereocenters. The van der Waals surface area contributed by atoms with E-state index in [1.165, 1.54) is 6.92 Å². The van der Waals surface area contributed by atoms with Gasteiger partial charge in [-0.05, 0) is 6.92 Å². The molecule has 0 unspecified atom stereocenters. The van der Waals surface area contributed by atoms with Gasteiger partial charge in [0.05, 0.1) is 0 Å². The Hall–Kier alpha value is -1.13. The summed E-state index contributed by atoms with van der Waals surface area (Å²) < 4.78 is 26.3. The third kappa shape index (κ3) is 5.02. The van der Waals surface area contributed by atoms with E-state index in [0.29, 0.717) is 0 Å². The van der Waals surface area contributed by atoms with E-state index in [4.69, 9.17) is 11.1 Å². The highest BCUT2D eigenvalue weighted by Crippen LogP contribution is 1.96. The molecule has 0 aromatic heterocycles. The Labute approximate surface area is 57.0 Å². The van der Waals surface area contributed by atoms with Crippen LogP contribution in [0.3, 0.4) is 0 Å². The van der Waals surface area contributed by atoms with Gasteiger partial charge in [-0.1, -0.05) is 0 Å². The molecule has 0 spiro atoms. The van der Waals surface area contributed by atoms with Crippen LogP contribution in [-0.4, -0.2) is 12.5 Å². The van der Waals surface area contributed by atoms with E-state index in [2.05, 4.69) is 4.74 Å². The number of alkyl halides is 2. The number of allylic oxidation sites excluding steroid dienone is 1. The van der Waals surface area contributed by atoms with E-state index >= 15 is 0 Å². The van der Waals surface area contributed by atoms with Crippen LogP contribution in [0.1, 0.15) is 6.92 Å². The Kier molecular flexibility index (Phi) is 3.38. The van der Waals surface area contributed by atoms with E-state index in [9.17, 15) is 8.78 Å². The van der Waals surface area contributed by atoms with Gasteiger partial charge in [0, 0.05) is 11.8 Å². The molecule has 0 radical (unpaired) electrons. The first-order chi connectivity index (χ1) is 4.52. The van der Waals surface area contributed by atoms with E-state index < -0.39 is 12.5 Å². The van der Waals surface area contributed by atoms with Crippen LogP contribution in [0.2, 0.25) is 0 Å². The summed E-state index contributed by atoms with van der Waals surface area (Å²) in [5.74, 6) is -0.630. The zero-order valence-electron chi connectivity index (χ0n) is 5.40. The monoisotopic (exact) mass is 150 g/mol. The molecule has 0 aliphatic rings. The fourth-order valence-electron chi connectivity index (χ4n) is 0.337. The molecule has 58 valence electrons. The third-order valence-electron chi connectivity index (χ3n) is 0.575. The van der Waals surface area contributed by atoms with Crippen LogP contribution in [0, 0.1) is 5.41 Å². The lowest BCUT2D eigenvalue weighted by Crippen LogP contribution is -2.07. The van der Waals surface area contributed by atoms with E-state index in [0.717, 1.165) is 6.08 Å². The van der Waals surface area contributed by atoms with Crippen LogP contribution in [0.15, 0.2) is 11.8 Å². The zero-order chi connectivity index (χ0) is 8.15. The minimum absolute atomic E-state index is 0.255.